The molecule has 9 heteroatoms. The van der Waals surface area contributed by atoms with E-state index in [-0.39, 0.29) is 42.5 Å². The van der Waals surface area contributed by atoms with Gasteiger partial charge in [0.25, 0.3) is 10.0 Å². The summed E-state index contributed by atoms with van der Waals surface area (Å²) >= 11 is 0. The largest absolute Gasteiger partial charge is 0.460 e. The van der Waals surface area contributed by atoms with Crippen molar-refractivity contribution in [2.45, 2.75) is 31.4 Å². The van der Waals surface area contributed by atoms with Gasteiger partial charge in [0.2, 0.25) is 10.9 Å². The fourth-order valence-corrected chi connectivity index (χ4v) is 2.24. The van der Waals surface area contributed by atoms with Gasteiger partial charge in [-0.25, -0.2) is 17.9 Å². The first kappa shape index (κ1) is 18.9. The summed E-state index contributed by atoms with van der Waals surface area (Å²) in [6, 6.07) is 2.37. The minimum Gasteiger partial charge on any atom is -0.460 e. The van der Waals surface area contributed by atoms with Crippen LogP contribution >= 0.6 is 12.4 Å². The predicted octanol–water partition coefficient (Wildman–Crippen LogP) is 0.894. The lowest BCUT2D eigenvalue weighted by atomic mass is 10.3. The summed E-state index contributed by atoms with van der Waals surface area (Å²) in [5.41, 5.74) is 5.52. The first-order valence-electron chi connectivity index (χ1n) is 5.89. The number of carbonyl (C=O) groups is 1. The van der Waals surface area contributed by atoms with E-state index in [4.69, 9.17) is 14.9 Å². The minimum atomic E-state index is -3.76. The lowest BCUT2D eigenvalue weighted by Crippen LogP contribution is -2.28. The van der Waals surface area contributed by atoms with Gasteiger partial charge in [0.1, 0.15) is 0 Å². The third-order valence-corrected chi connectivity index (χ3v) is 3.55. The van der Waals surface area contributed by atoms with Gasteiger partial charge in [-0.1, -0.05) is 0 Å². The standard InChI is InChI=1S/C11H18N2O5S.ClH/c1-3-17-11(14)9-4-5-10(18-9)19(15,16)13-7-6-8(2)12;/h4-5,8,13H,3,6-7,12H2,1-2H3;1H. The molecule has 3 N–H and O–H groups in total. The molecule has 0 aliphatic carbocycles. The molecular formula is C11H19ClN2O5S. The van der Waals surface area contributed by atoms with Gasteiger partial charge in [-0.2, -0.15) is 0 Å². The number of halogens is 1. The van der Waals surface area contributed by atoms with Crippen molar-refractivity contribution in [2.24, 2.45) is 5.73 Å². The molecule has 1 heterocycles. The molecule has 20 heavy (non-hydrogen) atoms. The zero-order valence-corrected chi connectivity index (χ0v) is 12.9. The van der Waals surface area contributed by atoms with Crippen molar-refractivity contribution in [3.63, 3.8) is 0 Å². The highest BCUT2D eigenvalue weighted by atomic mass is 35.5. The molecule has 7 nitrogen and oxygen atoms in total. The van der Waals surface area contributed by atoms with E-state index in [0.29, 0.717) is 6.42 Å². The van der Waals surface area contributed by atoms with Gasteiger partial charge in [-0.3, -0.25) is 0 Å². The number of carbonyl (C=O) groups excluding carboxylic acids is 1. The first-order valence-corrected chi connectivity index (χ1v) is 7.37. The summed E-state index contributed by atoms with van der Waals surface area (Å²) in [5.74, 6) is -0.839. The second-order valence-electron chi connectivity index (χ2n) is 4.00. The van der Waals surface area contributed by atoms with Gasteiger partial charge >= 0.3 is 5.97 Å². The Labute approximate surface area is 124 Å². The fraction of sp³-hybridized carbons (Fsp3) is 0.545. The maximum Gasteiger partial charge on any atom is 0.374 e. The molecule has 0 aliphatic rings. The van der Waals surface area contributed by atoms with Crippen molar-refractivity contribution >= 4 is 28.4 Å². The molecule has 0 fully saturated rings. The van der Waals surface area contributed by atoms with Gasteiger partial charge in [0.15, 0.2) is 0 Å². The third-order valence-electron chi connectivity index (χ3n) is 2.21. The van der Waals surface area contributed by atoms with E-state index in [2.05, 4.69) is 4.72 Å². The van der Waals surface area contributed by atoms with E-state index in [1.165, 1.54) is 12.1 Å². The van der Waals surface area contributed by atoms with Gasteiger partial charge in [-0.05, 0) is 32.4 Å². The van der Waals surface area contributed by atoms with Crippen molar-refractivity contribution in [1.29, 1.82) is 0 Å². The molecule has 1 atom stereocenters. The average Bonchev–Trinajstić information content (AvgIpc) is 2.78. The van der Waals surface area contributed by atoms with Crippen LogP contribution in [0.1, 0.15) is 30.8 Å². The van der Waals surface area contributed by atoms with Crippen molar-refractivity contribution < 1.29 is 22.4 Å². The summed E-state index contributed by atoms with van der Waals surface area (Å²) < 4.78 is 35.6. The minimum absolute atomic E-state index is 0. The van der Waals surface area contributed by atoms with Crippen molar-refractivity contribution in [3.8, 4) is 0 Å². The number of nitrogens with one attached hydrogen (secondary N) is 1. The van der Waals surface area contributed by atoms with Gasteiger partial charge in [0, 0.05) is 12.6 Å². The molecule has 0 radical (unpaired) electrons. The van der Waals surface area contributed by atoms with Crippen LogP contribution in [0.15, 0.2) is 21.6 Å². The molecule has 1 unspecified atom stereocenters. The second kappa shape index (κ2) is 8.25. The van der Waals surface area contributed by atoms with Crippen LogP contribution in [-0.2, 0) is 14.8 Å². The van der Waals surface area contributed by atoms with Crippen LogP contribution < -0.4 is 10.5 Å². The molecule has 0 aliphatic heterocycles. The summed E-state index contributed by atoms with van der Waals surface area (Å²) in [4.78, 5) is 11.3. The molecule has 0 amide bonds. The molecule has 116 valence electrons. The van der Waals surface area contributed by atoms with E-state index in [1.807, 2.05) is 0 Å². The van der Waals surface area contributed by atoms with Crippen LogP contribution in [0, 0.1) is 0 Å². The summed E-state index contributed by atoms with van der Waals surface area (Å²) in [5, 5.41) is -0.319. The number of sulfonamides is 1. The molecule has 0 saturated carbocycles. The van der Waals surface area contributed by atoms with E-state index in [0.717, 1.165) is 0 Å². The van der Waals surface area contributed by atoms with Crippen LogP contribution in [0.2, 0.25) is 0 Å². The lowest BCUT2D eigenvalue weighted by molar-refractivity contribution is 0.0484. The number of hydrogen-bond acceptors (Lipinski definition) is 6. The quantitative estimate of drug-likeness (QED) is 0.720. The van der Waals surface area contributed by atoms with Crippen LogP contribution in [0.25, 0.3) is 0 Å². The molecule has 1 aromatic rings. The van der Waals surface area contributed by atoms with Gasteiger partial charge in [0.05, 0.1) is 6.61 Å². The Hall–Kier alpha value is -1.09. The maximum absolute atomic E-state index is 11.8. The lowest BCUT2D eigenvalue weighted by Gasteiger charge is -2.06. The number of nitrogens with two attached hydrogens (primary N) is 1. The fourth-order valence-electron chi connectivity index (χ4n) is 1.27. The second-order valence-corrected chi connectivity index (χ2v) is 5.70. The topological polar surface area (TPSA) is 112 Å². The van der Waals surface area contributed by atoms with Crippen molar-refractivity contribution in [2.75, 3.05) is 13.2 Å². The van der Waals surface area contributed by atoms with Crippen LogP contribution in [-0.4, -0.2) is 33.6 Å². The highest BCUT2D eigenvalue weighted by Gasteiger charge is 2.21. The van der Waals surface area contributed by atoms with E-state index in [1.54, 1.807) is 13.8 Å². The van der Waals surface area contributed by atoms with E-state index >= 15 is 0 Å². The van der Waals surface area contributed by atoms with Crippen LogP contribution in [0.3, 0.4) is 0 Å². The van der Waals surface area contributed by atoms with Crippen LogP contribution in [0.4, 0.5) is 0 Å². The number of esters is 1. The van der Waals surface area contributed by atoms with Gasteiger partial charge in [-0.15, -0.1) is 12.4 Å². The molecule has 0 bridgehead atoms. The summed E-state index contributed by atoms with van der Waals surface area (Å²) in [7, 11) is -3.76. The average molecular weight is 327 g/mol. The molecular weight excluding hydrogens is 308 g/mol. The Kier molecular flexibility index (Phi) is 7.80. The number of hydrogen-bond donors (Lipinski definition) is 2. The molecule has 0 saturated heterocycles. The van der Waals surface area contributed by atoms with Gasteiger partial charge < -0.3 is 14.9 Å². The Bertz CT molecular complexity index is 527. The number of rotatable bonds is 7. The smallest absolute Gasteiger partial charge is 0.374 e. The van der Waals surface area contributed by atoms with Crippen molar-refractivity contribution in [1.82, 2.24) is 4.72 Å². The Balaban J connectivity index is 0.00000361. The first-order chi connectivity index (χ1) is 8.86. The molecule has 0 spiro atoms. The number of ether oxygens (including phenoxy) is 1. The SMILES string of the molecule is CCOC(=O)c1ccc(S(=O)(=O)NCCC(C)N)o1.Cl. The summed E-state index contributed by atoms with van der Waals surface area (Å²) in [6.45, 7) is 3.82. The zero-order valence-electron chi connectivity index (χ0n) is 11.3. The maximum atomic E-state index is 11.8. The van der Waals surface area contributed by atoms with E-state index in [9.17, 15) is 13.2 Å². The number of furan rings is 1. The Morgan fingerprint density at radius 1 is 1.50 bits per heavy atom. The molecule has 0 aromatic carbocycles. The Morgan fingerprint density at radius 3 is 2.70 bits per heavy atom. The normalized spacial score (nSPS) is 12.6. The van der Waals surface area contributed by atoms with Crippen LogP contribution in [0.5, 0.6) is 0 Å². The zero-order chi connectivity index (χ0) is 14.5. The van der Waals surface area contributed by atoms with Crippen molar-refractivity contribution in [3.05, 3.63) is 17.9 Å². The molecule has 1 rings (SSSR count). The predicted molar refractivity (Wildman–Crippen MR) is 75.4 cm³/mol. The highest BCUT2D eigenvalue weighted by molar-refractivity contribution is 7.89. The molecule has 1 aromatic heterocycles. The summed E-state index contributed by atoms with van der Waals surface area (Å²) in [6.07, 6.45) is 0.505. The Morgan fingerprint density at radius 2 is 2.15 bits per heavy atom. The monoisotopic (exact) mass is 326 g/mol. The van der Waals surface area contributed by atoms with E-state index < -0.39 is 16.0 Å². The third kappa shape index (κ3) is 5.49. The highest BCUT2D eigenvalue weighted by Crippen LogP contribution is 2.14.